The van der Waals surface area contributed by atoms with Gasteiger partial charge in [-0.1, -0.05) is 67.6 Å². The summed E-state index contributed by atoms with van der Waals surface area (Å²) in [5.74, 6) is -1.47. The first kappa shape index (κ1) is 24.0. The number of alkyl carbamates (subject to hydrolysis) is 1. The van der Waals surface area contributed by atoms with Crippen LogP contribution in [-0.2, 0) is 16.0 Å². The molecule has 3 aromatic carbocycles. The van der Waals surface area contributed by atoms with Gasteiger partial charge in [-0.3, -0.25) is 4.79 Å². The fraction of sp³-hybridized carbons (Fsp3) is 0.250. The summed E-state index contributed by atoms with van der Waals surface area (Å²) in [6.07, 6.45) is 0.404. The molecule has 2 amide bonds. The van der Waals surface area contributed by atoms with E-state index in [1.165, 1.54) is 22.3 Å². The molecule has 0 fully saturated rings. The van der Waals surface area contributed by atoms with Gasteiger partial charge in [0.2, 0.25) is 0 Å². The summed E-state index contributed by atoms with van der Waals surface area (Å²) < 4.78 is 5.54. The number of carboxylic acids is 1. The lowest BCUT2D eigenvalue weighted by atomic mass is 9.98. The number of fused-ring (bicyclic) bond motifs is 3. The van der Waals surface area contributed by atoms with Crippen molar-refractivity contribution in [2.75, 3.05) is 13.2 Å². The van der Waals surface area contributed by atoms with Gasteiger partial charge in [0.05, 0.1) is 0 Å². The minimum atomic E-state index is -1.06. The van der Waals surface area contributed by atoms with Gasteiger partial charge in [-0.15, -0.1) is 0 Å². The third kappa shape index (κ3) is 5.51. The lowest BCUT2D eigenvalue weighted by Gasteiger charge is -2.14. The quantitative estimate of drug-likeness (QED) is 0.429. The predicted octanol–water partition coefficient (Wildman–Crippen LogP) is 4.36. The minimum absolute atomic E-state index is 0.0141. The fourth-order valence-corrected chi connectivity index (χ4v) is 4.36. The van der Waals surface area contributed by atoms with Crippen molar-refractivity contribution in [3.8, 4) is 11.1 Å². The third-order valence-corrected chi connectivity index (χ3v) is 6.25. The number of hydrogen-bond donors (Lipinski definition) is 3. The molecule has 0 aliphatic heterocycles. The molecular weight excluding hydrogens is 444 g/mol. The average Bonchev–Trinajstić information content (AvgIpc) is 3.20. The predicted molar refractivity (Wildman–Crippen MR) is 132 cm³/mol. The van der Waals surface area contributed by atoms with Crippen molar-refractivity contribution in [3.63, 3.8) is 0 Å². The second-order valence-electron chi connectivity index (χ2n) is 8.47. The van der Waals surface area contributed by atoms with Gasteiger partial charge in [-0.2, -0.15) is 0 Å². The maximum Gasteiger partial charge on any atom is 0.407 e. The molecule has 0 heterocycles. The fourth-order valence-electron chi connectivity index (χ4n) is 4.36. The number of amides is 2. The second-order valence-corrected chi connectivity index (χ2v) is 8.47. The molecule has 7 nitrogen and oxygen atoms in total. The van der Waals surface area contributed by atoms with Crippen molar-refractivity contribution >= 4 is 18.0 Å². The molecule has 35 heavy (non-hydrogen) atoms. The second kappa shape index (κ2) is 10.9. The molecule has 3 aromatic rings. The summed E-state index contributed by atoms with van der Waals surface area (Å²) in [5, 5.41) is 14.4. The Balaban J connectivity index is 1.25. The number of benzene rings is 3. The molecule has 1 atom stereocenters. The molecule has 1 aliphatic rings. The SMILES string of the molecule is CC[C@H](NC(=O)c1ccc(CCNC(=O)OCC2c3ccccc3-c3ccccc32)cc1)C(=O)O. The molecule has 0 saturated heterocycles. The van der Waals surface area contributed by atoms with Gasteiger partial charge in [0.25, 0.3) is 5.91 Å². The first-order chi connectivity index (χ1) is 17.0. The normalized spacial score (nSPS) is 12.8. The van der Waals surface area contributed by atoms with Gasteiger partial charge in [-0.25, -0.2) is 9.59 Å². The van der Waals surface area contributed by atoms with Crippen molar-refractivity contribution in [2.45, 2.75) is 31.7 Å². The van der Waals surface area contributed by atoms with Crippen molar-refractivity contribution in [3.05, 3.63) is 95.1 Å². The molecule has 7 heteroatoms. The van der Waals surface area contributed by atoms with Gasteiger partial charge in [0.1, 0.15) is 12.6 Å². The standard InChI is InChI=1S/C28H28N2O5/c1-2-25(27(32)33)30-26(31)19-13-11-18(12-14-19)15-16-29-28(34)35-17-24-22-9-5-3-7-20(22)21-8-4-6-10-23(21)24/h3-14,24-25H,2,15-17H2,1H3,(H,29,34)(H,30,31)(H,32,33)/t25-/m0/s1. The van der Waals surface area contributed by atoms with E-state index in [9.17, 15) is 14.4 Å². The zero-order valence-corrected chi connectivity index (χ0v) is 19.5. The molecule has 0 bridgehead atoms. The third-order valence-electron chi connectivity index (χ3n) is 6.25. The van der Waals surface area contributed by atoms with Crippen molar-refractivity contribution in [1.82, 2.24) is 10.6 Å². The Bertz CT molecular complexity index is 1180. The molecule has 1 aliphatic carbocycles. The number of rotatable bonds is 9. The smallest absolute Gasteiger partial charge is 0.407 e. The topological polar surface area (TPSA) is 105 Å². The Morgan fingerprint density at radius 1 is 0.914 bits per heavy atom. The minimum Gasteiger partial charge on any atom is -0.480 e. The summed E-state index contributed by atoms with van der Waals surface area (Å²) >= 11 is 0. The van der Waals surface area contributed by atoms with Crippen molar-refractivity contribution < 1.29 is 24.2 Å². The highest BCUT2D eigenvalue weighted by Crippen LogP contribution is 2.44. The maximum atomic E-state index is 12.3. The molecule has 0 aromatic heterocycles. The van der Waals surface area contributed by atoms with E-state index >= 15 is 0 Å². The first-order valence-corrected chi connectivity index (χ1v) is 11.7. The van der Waals surface area contributed by atoms with Gasteiger partial charge < -0.3 is 20.5 Å². The van der Waals surface area contributed by atoms with E-state index in [0.717, 1.165) is 5.56 Å². The number of nitrogens with one attached hydrogen (secondary N) is 2. The van der Waals surface area contributed by atoms with Gasteiger partial charge in [-0.05, 0) is 52.8 Å². The van der Waals surface area contributed by atoms with E-state index in [-0.39, 0.29) is 12.5 Å². The summed E-state index contributed by atoms with van der Waals surface area (Å²) in [7, 11) is 0. The van der Waals surface area contributed by atoms with Crippen LogP contribution in [0.5, 0.6) is 0 Å². The van der Waals surface area contributed by atoms with Crippen LogP contribution in [0.2, 0.25) is 0 Å². The molecule has 180 valence electrons. The molecule has 0 radical (unpaired) electrons. The van der Waals surface area contributed by atoms with Crippen molar-refractivity contribution in [2.24, 2.45) is 0 Å². The Labute approximate surface area is 204 Å². The average molecular weight is 473 g/mol. The van der Waals surface area contributed by atoms with Crippen LogP contribution >= 0.6 is 0 Å². The van der Waals surface area contributed by atoms with Crippen molar-refractivity contribution in [1.29, 1.82) is 0 Å². The van der Waals surface area contributed by atoms with E-state index in [0.29, 0.717) is 24.9 Å². The Kier molecular flexibility index (Phi) is 7.45. The highest BCUT2D eigenvalue weighted by atomic mass is 16.5. The number of carbonyl (C=O) groups is 3. The molecule has 3 N–H and O–H groups in total. The van der Waals surface area contributed by atoms with Crippen LogP contribution < -0.4 is 10.6 Å². The number of ether oxygens (including phenoxy) is 1. The number of carbonyl (C=O) groups excluding carboxylic acids is 2. The van der Waals surface area contributed by atoms with Crippen LogP contribution in [0.15, 0.2) is 72.8 Å². The van der Waals surface area contributed by atoms with E-state index in [2.05, 4.69) is 34.9 Å². The zero-order valence-electron chi connectivity index (χ0n) is 19.5. The van der Waals surface area contributed by atoms with Gasteiger partial charge >= 0.3 is 12.1 Å². The monoisotopic (exact) mass is 472 g/mol. The number of hydrogen-bond acceptors (Lipinski definition) is 4. The summed E-state index contributed by atoms with van der Waals surface area (Å²) in [5.41, 5.74) is 6.02. The lowest BCUT2D eigenvalue weighted by molar-refractivity contribution is -0.139. The van der Waals surface area contributed by atoms with E-state index < -0.39 is 24.0 Å². The summed E-state index contributed by atoms with van der Waals surface area (Å²) in [6, 6.07) is 22.3. The van der Waals surface area contributed by atoms with Crippen LogP contribution in [-0.4, -0.2) is 42.3 Å². The Morgan fingerprint density at radius 2 is 1.51 bits per heavy atom. The summed E-state index contributed by atoms with van der Waals surface area (Å²) in [4.78, 5) is 35.6. The van der Waals surface area contributed by atoms with Crippen LogP contribution in [0.4, 0.5) is 4.79 Å². The van der Waals surface area contributed by atoms with Gasteiger partial charge in [0.15, 0.2) is 0 Å². The Morgan fingerprint density at radius 3 is 2.09 bits per heavy atom. The van der Waals surface area contributed by atoms with E-state index in [1.807, 2.05) is 24.3 Å². The van der Waals surface area contributed by atoms with Gasteiger partial charge in [0, 0.05) is 18.0 Å². The first-order valence-electron chi connectivity index (χ1n) is 11.7. The van der Waals surface area contributed by atoms with E-state index in [4.69, 9.17) is 9.84 Å². The highest BCUT2D eigenvalue weighted by molar-refractivity contribution is 5.96. The van der Waals surface area contributed by atoms with E-state index in [1.54, 1.807) is 31.2 Å². The number of carboxylic acid groups (broad SMARTS) is 1. The van der Waals surface area contributed by atoms with Crippen LogP contribution in [0.3, 0.4) is 0 Å². The summed E-state index contributed by atoms with van der Waals surface area (Å²) in [6.45, 7) is 2.35. The Hall–Kier alpha value is -4.13. The lowest BCUT2D eigenvalue weighted by Crippen LogP contribution is -2.40. The van der Waals surface area contributed by atoms with Crippen LogP contribution in [0, 0.1) is 0 Å². The number of aliphatic carboxylic acids is 1. The zero-order chi connectivity index (χ0) is 24.8. The molecule has 0 unspecified atom stereocenters. The maximum absolute atomic E-state index is 12.3. The van der Waals surface area contributed by atoms with Crippen LogP contribution in [0.25, 0.3) is 11.1 Å². The highest BCUT2D eigenvalue weighted by Gasteiger charge is 2.29. The molecule has 0 saturated carbocycles. The largest absolute Gasteiger partial charge is 0.480 e. The molecule has 4 rings (SSSR count). The molecular formula is C28H28N2O5. The van der Waals surface area contributed by atoms with Crippen LogP contribution in [0.1, 0.15) is 46.3 Å². The molecule has 0 spiro atoms.